The summed E-state index contributed by atoms with van der Waals surface area (Å²) >= 11 is 0. The molecule has 1 heterocycles. The number of carbonyl (C=O) groups is 2. The second-order valence-electron chi connectivity index (χ2n) is 4.70. The molecule has 0 radical (unpaired) electrons. The van der Waals surface area contributed by atoms with Gasteiger partial charge in [-0.2, -0.15) is 0 Å². The van der Waals surface area contributed by atoms with Crippen molar-refractivity contribution in [2.75, 3.05) is 5.75 Å². The van der Waals surface area contributed by atoms with Crippen LogP contribution < -0.4 is 5.32 Å². The van der Waals surface area contributed by atoms with Gasteiger partial charge in [0.2, 0.25) is 11.7 Å². The quantitative estimate of drug-likeness (QED) is 0.824. The largest absolute Gasteiger partial charge is 0.475 e. The highest BCUT2D eigenvalue weighted by atomic mass is 32.2. The van der Waals surface area contributed by atoms with Crippen molar-refractivity contribution in [2.45, 2.75) is 37.8 Å². The van der Waals surface area contributed by atoms with Gasteiger partial charge in [-0.3, -0.25) is 9.00 Å². The summed E-state index contributed by atoms with van der Waals surface area (Å²) in [7, 11) is -1.69. The highest BCUT2D eigenvalue weighted by Crippen LogP contribution is 2.13. The molecule has 1 amide bonds. The standard InChI is InChI=1S/C12H17NO5S/c1-4-12(2,3)13-9(14)7-19(17)10-6-5-8(18-10)11(15)16/h5-6H,4,7H2,1-3H3,(H,13,14)(H,15,16). The van der Waals surface area contributed by atoms with Gasteiger partial charge in [0, 0.05) is 5.54 Å². The number of carbonyl (C=O) groups excluding carboxylic acids is 1. The van der Waals surface area contributed by atoms with Crippen LogP contribution in [0.4, 0.5) is 0 Å². The third kappa shape index (κ3) is 4.51. The molecule has 2 N–H and O–H groups in total. The molecule has 1 aromatic heterocycles. The van der Waals surface area contributed by atoms with Crippen molar-refractivity contribution in [3.63, 3.8) is 0 Å². The second kappa shape index (κ2) is 6.01. The number of aromatic carboxylic acids is 1. The first-order valence-corrected chi connectivity index (χ1v) is 7.09. The molecule has 1 atom stereocenters. The summed E-state index contributed by atoms with van der Waals surface area (Å²) in [5.74, 6) is -2.15. The van der Waals surface area contributed by atoms with Gasteiger partial charge in [0.25, 0.3) is 0 Å². The van der Waals surface area contributed by atoms with Gasteiger partial charge in [-0.25, -0.2) is 4.79 Å². The van der Waals surface area contributed by atoms with E-state index in [1.165, 1.54) is 12.1 Å². The van der Waals surface area contributed by atoms with Crippen LogP contribution in [0, 0.1) is 0 Å². The number of hydrogen-bond acceptors (Lipinski definition) is 4. The fourth-order valence-electron chi connectivity index (χ4n) is 1.25. The Morgan fingerprint density at radius 2 is 2.05 bits per heavy atom. The molecule has 7 heteroatoms. The van der Waals surface area contributed by atoms with E-state index < -0.39 is 16.8 Å². The Morgan fingerprint density at radius 1 is 1.42 bits per heavy atom. The molecule has 0 spiro atoms. The summed E-state index contributed by atoms with van der Waals surface area (Å²) in [6.07, 6.45) is 0.745. The van der Waals surface area contributed by atoms with Gasteiger partial charge in [-0.05, 0) is 32.4 Å². The van der Waals surface area contributed by atoms with E-state index in [1.54, 1.807) is 0 Å². The van der Waals surface area contributed by atoms with Gasteiger partial charge < -0.3 is 14.8 Å². The lowest BCUT2D eigenvalue weighted by atomic mass is 10.0. The van der Waals surface area contributed by atoms with Crippen LogP contribution in [0.5, 0.6) is 0 Å². The number of carboxylic acid groups (broad SMARTS) is 1. The predicted octanol–water partition coefficient (Wildman–Crippen LogP) is 1.39. The lowest BCUT2D eigenvalue weighted by Gasteiger charge is -2.24. The topological polar surface area (TPSA) is 96.6 Å². The SMILES string of the molecule is CCC(C)(C)NC(=O)CS(=O)c1ccc(C(=O)O)o1. The van der Waals surface area contributed by atoms with Crippen LogP contribution in [-0.4, -0.2) is 32.5 Å². The Balaban J connectivity index is 2.64. The maximum atomic E-state index is 11.8. The van der Waals surface area contributed by atoms with Crippen molar-refractivity contribution in [1.29, 1.82) is 0 Å². The zero-order valence-corrected chi connectivity index (χ0v) is 11.9. The predicted molar refractivity (Wildman–Crippen MR) is 69.5 cm³/mol. The van der Waals surface area contributed by atoms with Crippen molar-refractivity contribution in [1.82, 2.24) is 5.32 Å². The zero-order chi connectivity index (χ0) is 14.6. The summed E-state index contributed by atoms with van der Waals surface area (Å²) in [6.45, 7) is 5.66. The van der Waals surface area contributed by atoms with Gasteiger partial charge in [0.15, 0.2) is 5.09 Å². The van der Waals surface area contributed by atoms with Crippen molar-refractivity contribution in [2.24, 2.45) is 0 Å². The average molecular weight is 287 g/mol. The van der Waals surface area contributed by atoms with Crippen molar-refractivity contribution >= 4 is 22.7 Å². The molecule has 106 valence electrons. The molecule has 0 aliphatic heterocycles. The summed E-state index contributed by atoms with van der Waals surface area (Å²) in [4.78, 5) is 22.3. The summed E-state index contributed by atoms with van der Waals surface area (Å²) in [5.41, 5.74) is -0.364. The number of amides is 1. The van der Waals surface area contributed by atoms with Crippen LogP contribution in [0.3, 0.4) is 0 Å². The van der Waals surface area contributed by atoms with E-state index in [4.69, 9.17) is 9.52 Å². The third-order valence-electron chi connectivity index (χ3n) is 2.64. The van der Waals surface area contributed by atoms with Gasteiger partial charge in [0.05, 0.1) is 10.8 Å². The zero-order valence-electron chi connectivity index (χ0n) is 11.1. The molecule has 0 fully saturated rings. The first-order valence-electron chi connectivity index (χ1n) is 5.77. The maximum Gasteiger partial charge on any atom is 0.371 e. The van der Waals surface area contributed by atoms with E-state index in [-0.39, 0.29) is 28.1 Å². The third-order valence-corrected chi connectivity index (χ3v) is 3.83. The maximum absolute atomic E-state index is 11.8. The fraction of sp³-hybridized carbons (Fsp3) is 0.500. The number of hydrogen-bond donors (Lipinski definition) is 2. The van der Waals surface area contributed by atoms with Crippen LogP contribution in [0.25, 0.3) is 0 Å². The molecule has 0 bridgehead atoms. The second-order valence-corrected chi connectivity index (χ2v) is 6.08. The van der Waals surface area contributed by atoms with E-state index in [0.717, 1.165) is 6.42 Å². The van der Waals surface area contributed by atoms with Gasteiger partial charge >= 0.3 is 5.97 Å². The molecule has 0 aliphatic rings. The molecular formula is C12H17NO5S. The van der Waals surface area contributed by atoms with E-state index in [0.29, 0.717) is 0 Å². The summed E-state index contributed by atoms with van der Waals surface area (Å²) < 4.78 is 16.7. The molecule has 0 aliphatic carbocycles. The highest BCUT2D eigenvalue weighted by molar-refractivity contribution is 7.85. The van der Waals surface area contributed by atoms with E-state index in [9.17, 15) is 13.8 Å². The minimum atomic E-state index is -1.69. The molecule has 1 aromatic rings. The Kier molecular flexibility index (Phi) is 4.88. The monoisotopic (exact) mass is 287 g/mol. The Morgan fingerprint density at radius 3 is 2.53 bits per heavy atom. The molecule has 0 saturated carbocycles. The smallest absolute Gasteiger partial charge is 0.371 e. The molecule has 6 nitrogen and oxygen atoms in total. The summed E-state index contributed by atoms with van der Waals surface area (Å²) in [5, 5.41) is 11.4. The summed E-state index contributed by atoms with van der Waals surface area (Å²) in [6, 6.07) is 2.52. The van der Waals surface area contributed by atoms with Crippen molar-refractivity contribution in [3.8, 4) is 0 Å². The van der Waals surface area contributed by atoms with E-state index >= 15 is 0 Å². The van der Waals surface area contributed by atoms with Crippen molar-refractivity contribution < 1.29 is 23.3 Å². The van der Waals surface area contributed by atoms with Crippen LogP contribution in [0.1, 0.15) is 37.7 Å². The molecular weight excluding hydrogens is 270 g/mol. The number of carboxylic acids is 1. The first-order chi connectivity index (χ1) is 8.75. The van der Waals surface area contributed by atoms with Crippen LogP contribution in [0.2, 0.25) is 0 Å². The lowest BCUT2D eigenvalue weighted by molar-refractivity contribution is -0.120. The van der Waals surface area contributed by atoms with Crippen LogP contribution in [-0.2, 0) is 15.6 Å². The minimum absolute atomic E-state index is 0.0122. The molecule has 0 saturated heterocycles. The molecule has 1 unspecified atom stereocenters. The number of rotatable bonds is 6. The van der Waals surface area contributed by atoms with Gasteiger partial charge in [0.1, 0.15) is 5.75 Å². The van der Waals surface area contributed by atoms with Crippen molar-refractivity contribution in [3.05, 3.63) is 17.9 Å². The van der Waals surface area contributed by atoms with E-state index in [1.807, 2.05) is 20.8 Å². The Hall–Kier alpha value is -1.63. The van der Waals surface area contributed by atoms with Gasteiger partial charge in [-0.15, -0.1) is 0 Å². The minimum Gasteiger partial charge on any atom is -0.475 e. The number of nitrogens with one attached hydrogen (secondary N) is 1. The molecule has 0 aromatic carbocycles. The first kappa shape index (κ1) is 15.4. The molecule has 19 heavy (non-hydrogen) atoms. The van der Waals surface area contributed by atoms with E-state index in [2.05, 4.69) is 5.32 Å². The van der Waals surface area contributed by atoms with Crippen LogP contribution in [0.15, 0.2) is 21.6 Å². The normalized spacial score (nSPS) is 13.0. The number of furan rings is 1. The van der Waals surface area contributed by atoms with Gasteiger partial charge in [-0.1, -0.05) is 6.92 Å². The Labute approximate surface area is 113 Å². The fourth-order valence-corrected chi connectivity index (χ4v) is 2.10. The molecule has 1 rings (SSSR count). The van der Waals surface area contributed by atoms with Crippen LogP contribution >= 0.6 is 0 Å². The highest BCUT2D eigenvalue weighted by Gasteiger charge is 2.21. The Bertz CT molecular complexity index is 506. The average Bonchev–Trinajstić information content (AvgIpc) is 2.77. The lowest BCUT2D eigenvalue weighted by Crippen LogP contribution is -2.44.